The molecule has 0 bridgehead atoms. The lowest BCUT2D eigenvalue weighted by Crippen LogP contribution is -2.44. The minimum atomic E-state index is -0.143. The number of anilines is 1. The number of benzene rings is 1. The van der Waals surface area contributed by atoms with E-state index in [9.17, 15) is 4.79 Å². The Morgan fingerprint density at radius 1 is 1.32 bits per heavy atom. The van der Waals surface area contributed by atoms with Crippen molar-refractivity contribution in [3.8, 4) is 0 Å². The third kappa shape index (κ3) is 3.55. The molecule has 0 radical (unpaired) electrons. The van der Waals surface area contributed by atoms with Crippen LogP contribution in [0.25, 0.3) is 0 Å². The predicted molar refractivity (Wildman–Crippen MR) is 85.0 cm³/mol. The molecule has 0 spiro atoms. The van der Waals surface area contributed by atoms with Crippen LogP contribution >= 0.6 is 11.6 Å². The number of nitrogens with zero attached hydrogens (tertiary/aromatic N) is 2. The van der Waals surface area contributed by atoms with Crippen LogP contribution in [0.1, 0.15) is 11.7 Å². The summed E-state index contributed by atoms with van der Waals surface area (Å²) in [5.41, 5.74) is 1.70. The summed E-state index contributed by atoms with van der Waals surface area (Å²) in [5.74, 6) is 0. The van der Waals surface area contributed by atoms with Gasteiger partial charge in [0.15, 0.2) is 0 Å². The summed E-state index contributed by atoms with van der Waals surface area (Å²) in [7, 11) is 0. The number of ether oxygens (including phenoxy) is 1. The zero-order valence-electron chi connectivity index (χ0n) is 11.9. The van der Waals surface area contributed by atoms with Crippen molar-refractivity contribution in [1.82, 2.24) is 9.88 Å². The van der Waals surface area contributed by atoms with Gasteiger partial charge in [0, 0.05) is 17.8 Å². The summed E-state index contributed by atoms with van der Waals surface area (Å²) in [6.07, 6.45) is 3.15. The van der Waals surface area contributed by atoms with E-state index in [2.05, 4.69) is 10.3 Å². The van der Waals surface area contributed by atoms with Crippen molar-refractivity contribution in [2.45, 2.75) is 6.10 Å². The molecule has 1 saturated heterocycles. The Hall–Kier alpha value is -2.11. The normalized spacial score (nSPS) is 18.0. The average molecular weight is 318 g/mol. The number of carbonyl (C=O) groups is 1. The fourth-order valence-corrected chi connectivity index (χ4v) is 2.48. The van der Waals surface area contributed by atoms with E-state index in [1.165, 1.54) is 0 Å². The first-order valence-corrected chi connectivity index (χ1v) is 7.43. The molecule has 3 rings (SSSR count). The van der Waals surface area contributed by atoms with Crippen molar-refractivity contribution in [3.05, 3.63) is 59.4 Å². The van der Waals surface area contributed by atoms with Crippen molar-refractivity contribution in [2.75, 3.05) is 25.0 Å². The van der Waals surface area contributed by atoms with Crippen LogP contribution in [-0.4, -0.2) is 35.6 Å². The van der Waals surface area contributed by atoms with Crippen LogP contribution in [-0.2, 0) is 4.74 Å². The Labute approximate surface area is 133 Å². The van der Waals surface area contributed by atoms with E-state index < -0.39 is 0 Å². The number of nitrogens with one attached hydrogen (secondary N) is 1. The predicted octanol–water partition coefficient (Wildman–Crippen LogP) is 3.34. The van der Waals surface area contributed by atoms with E-state index in [1.807, 2.05) is 30.3 Å². The molecule has 2 heterocycles. The topological polar surface area (TPSA) is 54.5 Å². The van der Waals surface area contributed by atoms with Crippen molar-refractivity contribution in [3.63, 3.8) is 0 Å². The number of amides is 2. The highest BCUT2D eigenvalue weighted by Crippen LogP contribution is 2.24. The van der Waals surface area contributed by atoms with Gasteiger partial charge in [-0.2, -0.15) is 0 Å². The molecule has 1 N–H and O–H groups in total. The molecule has 6 heteroatoms. The van der Waals surface area contributed by atoms with Gasteiger partial charge in [0.05, 0.1) is 25.0 Å². The maximum absolute atomic E-state index is 12.3. The van der Waals surface area contributed by atoms with Gasteiger partial charge in [0.25, 0.3) is 0 Å². The molecule has 1 atom stereocenters. The average Bonchev–Trinajstić information content (AvgIpc) is 2.56. The summed E-state index contributed by atoms with van der Waals surface area (Å²) < 4.78 is 5.76. The minimum absolute atomic E-state index is 0.134. The highest BCUT2D eigenvalue weighted by molar-refractivity contribution is 6.30. The largest absolute Gasteiger partial charge is 0.370 e. The van der Waals surface area contributed by atoms with Gasteiger partial charge in [-0.05, 0) is 29.8 Å². The van der Waals surface area contributed by atoms with E-state index in [4.69, 9.17) is 16.3 Å². The first kappa shape index (κ1) is 14.8. The van der Waals surface area contributed by atoms with Crippen LogP contribution in [0.3, 0.4) is 0 Å². The Bertz CT molecular complexity index is 634. The maximum Gasteiger partial charge on any atom is 0.322 e. The molecule has 114 valence electrons. The molecule has 1 aliphatic heterocycles. The fraction of sp³-hybridized carbons (Fsp3) is 0.250. The second-order valence-electron chi connectivity index (χ2n) is 5.03. The number of pyridine rings is 1. The van der Waals surface area contributed by atoms with Crippen LogP contribution in [0.15, 0.2) is 48.8 Å². The van der Waals surface area contributed by atoms with Gasteiger partial charge in [-0.25, -0.2) is 4.79 Å². The van der Waals surface area contributed by atoms with E-state index in [0.29, 0.717) is 30.4 Å². The van der Waals surface area contributed by atoms with E-state index in [0.717, 1.165) is 5.56 Å². The third-order valence-electron chi connectivity index (χ3n) is 3.51. The van der Waals surface area contributed by atoms with Gasteiger partial charge in [0.2, 0.25) is 0 Å². The Kier molecular flexibility index (Phi) is 4.56. The number of rotatable bonds is 2. The number of morpholine rings is 1. The molecular weight excluding hydrogens is 302 g/mol. The van der Waals surface area contributed by atoms with Crippen LogP contribution in [0.5, 0.6) is 0 Å². The van der Waals surface area contributed by atoms with Crippen molar-refractivity contribution in [2.24, 2.45) is 0 Å². The lowest BCUT2D eigenvalue weighted by molar-refractivity contribution is -0.0135. The first-order chi connectivity index (χ1) is 10.7. The van der Waals surface area contributed by atoms with Gasteiger partial charge in [0.1, 0.15) is 6.10 Å². The third-order valence-corrected chi connectivity index (χ3v) is 3.76. The fourth-order valence-electron chi connectivity index (χ4n) is 2.35. The number of hydrogen-bond donors (Lipinski definition) is 1. The standard InChI is InChI=1S/C16H16ClN3O2/c17-13-5-3-12(4-6-13)15-11-20(8-9-22-15)16(21)19-14-2-1-7-18-10-14/h1-7,10,15H,8-9,11H2,(H,19,21)/t15-/m1/s1. The zero-order chi connectivity index (χ0) is 15.4. The zero-order valence-corrected chi connectivity index (χ0v) is 12.7. The van der Waals surface area contributed by atoms with Gasteiger partial charge >= 0.3 is 6.03 Å². The summed E-state index contributed by atoms with van der Waals surface area (Å²) >= 11 is 5.90. The summed E-state index contributed by atoms with van der Waals surface area (Å²) in [6.45, 7) is 1.58. The van der Waals surface area contributed by atoms with Crippen molar-refractivity contribution < 1.29 is 9.53 Å². The number of aromatic nitrogens is 1. The van der Waals surface area contributed by atoms with Gasteiger partial charge in [-0.15, -0.1) is 0 Å². The monoisotopic (exact) mass is 317 g/mol. The summed E-state index contributed by atoms with van der Waals surface area (Å²) in [5, 5.41) is 3.53. The number of carbonyl (C=O) groups excluding carboxylic acids is 1. The molecule has 2 aromatic rings. The number of halogens is 1. The SMILES string of the molecule is O=C(Nc1cccnc1)N1CCO[C@@H](c2ccc(Cl)cc2)C1. The second kappa shape index (κ2) is 6.77. The Balaban J connectivity index is 1.65. The molecule has 22 heavy (non-hydrogen) atoms. The highest BCUT2D eigenvalue weighted by atomic mass is 35.5. The second-order valence-corrected chi connectivity index (χ2v) is 5.47. The molecule has 0 saturated carbocycles. The molecule has 0 unspecified atom stereocenters. The van der Waals surface area contributed by atoms with Crippen LogP contribution in [0, 0.1) is 0 Å². The molecular formula is C16H16ClN3O2. The number of hydrogen-bond acceptors (Lipinski definition) is 3. The van der Waals surface area contributed by atoms with Crippen molar-refractivity contribution in [1.29, 1.82) is 0 Å². The maximum atomic E-state index is 12.3. The lowest BCUT2D eigenvalue weighted by atomic mass is 10.1. The van der Waals surface area contributed by atoms with Crippen molar-refractivity contribution >= 4 is 23.3 Å². The van der Waals surface area contributed by atoms with Crippen LogP contribution < -0.4 is 5.32 Å². The highest BCUT2D eigenvalue weighted by Gasteiger charge is 2.25. The quantitative estimate of drug-likeness (QED) is 0.924. The molecule has 1 fully saturated rings. The summed E-state index contributed by atoms with van der Waals surface area (Å²) in [6, 6.07) is 11.0. The van der Waals surface area contributed by atoms with Crippen LogP contribution in [0.2, 0.25) is 5.02 Å². The molecule has 2 amide bonds. The lowest BCUT2D eigenvalue weighted by Gasteiger charge is -2.33. The van der Waals surface area contributed by atoms with Gasteiger partial charge < -0.3 is 15.0 Å². The Morgan fingerprint density at radius 2 is 2.14 bits per heavy atom. The van der Waals surface area contributed by atoms with E-state index in [1.54, 1.807) is 23.4 Å². The van der Waals surface area contributed by atoms with Gasteiger partial charge in [-0.1, -0.05) is 23.7 Å². The smallest absolute Gasteiger partial charge is 0.322 e. The molecule has 1 aromatic carbocycles. The molecule has 1 aliphatic rings. The molecule has 0 aliphatic carbocycles. The van der Waals surface area contributed by atoms with E-state index >= 15 is 0 Å². The Morgan fingerprint density at radius 3 is 2.86 bits per heavy atom. The summed E-state index contributed by atoms with van der Waals surface area (Å²) in [4.78, 5) is 18.0. The number of urea groups is 1. The van der Waals surface area contributed by atoms with Crippen LogP contribution in [0.4, 0.5) is 10.5 Å². The molecule has 5 nitrogen and oxygen atoms in total. The first-order valence-electron chi connectivity index (χ1n) is 7.05. The van der Waals surface area contributed by atoms with E-state index in [-0.39, 0.29) is 12.1 Å². The molecule has 1 aromatic heterocycles. The van der Waals surface area contributed by atoms with Gasteiger partial charge in [-0.3, -0.25) is 4.98 Å². The minimum Gasteiger partial charge on any atom is -0.370 e.